The normalized spacial score (nSPS) is 12.9. The van der Waals surface area contributed by atoms with E-state index >= 15 is 0 Å². The van der Waals surface area contributed by atoms with Gasteiger partial charge >= 0.3 is 0 Å². The van der Waals surface area contributed by atoms with Gasteiger partial charge in [0, 0.05) is 13.6 Å². The topological polar surface area (TPSA) is 43.0 Å². The van der Waals surface area contributed by atoms with E-state index in [-0.39, 0.29) is 6.04 Å². The van der Waals surface area contributed by atoms with Crippen molar-refractivity contribution < 1.29 is 4.42 Å². The van der Waals surface area contributed by atoms with E-state index in [4.69, 9.17) is 16.0 Å². The van der Waals surface area contributed by atoms with Crippen LogP contribution in [0.1, 0.15) is 35.9 Å². The molecular formula is C13H18ClN3O. The molecule has 2 aromatic rings. The lowest BCUT2D eigenvalue weighted by molar-refractivity contribution is 0.412. The molecule has 98 valence electrons. The Morgan fingerprint density at radius 2 is 2.17 bits per heavy atom. The predicted octanol–water partition coefficient (Wildman–Crippen LogP) is 3.13. The van der Waals surface area contributed by atoms with Crippen LogP contribution in [0.3, 0.4) is 0 Å². The quantitative estimate of drug-likeness (QED) is 0.925. The van der Waals surface area contributed by atoms with Crippen molar-refractivity contribution in [1.82, 2.24) is 15.1 Å². The molecule has 0 bridgehead atoms. The van der Waals surface area contributed by atoms with Gasteiger partial charge < -0.3 is 9.73 Å². The molecule has 1 N–H and O–H groups in total. The summed E-state index contributed by atoms with van der Waals surface area (Å²) in [5, 5.41) is 8.40. The van der Waals surface area contributed by atoms with Gasteiger partial charge in [0.15, 0.2) is 0 Å². The van der Waals surface area contributed by atoms with Gasteiger partial charge in [0.25, 0.3) is 0 Å². The fourth-order valence-electron chi connectivity index (χ4n) is 1.91. The number of furan rings is 1. The standard InChI is InChI=1S/C13H18ClN3O/c1-8-5-6-12(18-8)9(2)15-7-11-13(14)10(3)16-17(11)4/h5-6,9,15H,7H2,1-4H3. The minimum Gasteiger partial charge on any atom is -0.465 e. The molecule has 0 saturated carbocycles. The van der Waals surface area contributed by atoms with Crippen LogP contribution in [0.25, 0.3) is 0 Å². The average molecular weight is 268 g/mol. The van der Waals surface area contributed by atoms with E-state index in [9.17, 15) is 0 Å². The van der Waals surface area contributed by atoms with E-state index in [2.05, 4.69) is 17.3 Å². The first kappa shape index (κ1) is 13.2. The summed E-state index contributed by atoms with van der Waals surface area (Å²) in [7, 11) is 1.90. The van der Waals surface area contributed by atoms with Crippen LogP contribution in [0.2, 0.25) is 5.02 Å². The van der Waals surface area contributed by atoms with Gasteiger partial charge in [-0.2, -0.15) is 5.10 Å². The number of aromatic nitrogens is 2. The molecule has 1 unspecified atom stereocenters. The van der Waals surface area contributed by atoms with Gasteiger partial charge in [-0.1, -0.05) is 11.6 Å². The van der Waals surface area contributed by atoms with Crippen molar-refractivity contribution in [1.29, 1.82) is 0 Å². The molecular weight excluding hydrogens is 250 g/mol. The number of halogens is 1. The van der Waals surface area contributed by atoms with Crippen LogP contribution in [0.4, 0.5) is 0 Å². The predicted molar refractivity (Wildman–Crippen MR) is 71.7 cm³/mol. The van der Waals surface area contributed by atoms with Gasteiger partial charge in [-0.15, -0.1) is 0 Å². The summed E-state index contributed by atoms with van der Waals surface area (Å²) >= 11 is 6.20. The van der Waals surface area contributed by atoms with Crippen LogP contribution in [-0.2, 0) is 13.6 Å². The number of aryl methyl sites for hydroxylation is 3. The van der Waals surface area contributed by atoms with E-state index in [0.29, 0.717) is 6.54 Å². The number of hydrogen-bond donors (Lipinski definition) is 1. The molecule has 2 aromatic heterocycles. The summed E-state index contributed by atoms with van der Waals surface area (Å²) in [5.41, 5.74) is 1.85. The molecule has 0 aromatic carbocycles. The van der Waals surface area contributed by atoms with Gasteiger partial charge in [0.1, 0.15) is 11.5 Å². The smallest absolute Gasteiger partial charge is 0.120 e. The third kappa shape index (κ3) is 2.60. The van der Waals surface area contributed by atoms with Crippen LogP contribution >= 0.6 is 11.6 Å². The molecule has 0 aliphatic rings. The lowest BCUT2D eigenvalue weighted by Crippen LogP contribution is -2.19. The zero-order chi connectivity index (χ0) is 13.3. The highest BCUT2D eigenvalue weighted by Crippen LogP contribution is 2.21. The molecule has 2 rings (SSSR count). The van der Waals surface area contributed by atoms with Crippen molar-refractivity contribution >= 4 is 11.6 Å². The Bertz CT molecular complexity index is 544. The minimum absolute atomic E-state index is 0.143. The van der Waals surface area contributed by atoms with Gasteiger partial charge in [-0.25, -0.2) is 0 Å². The van der Waals surface area contributed by atoms with Crippen LogP contribution in [0.5, 0.6) is 0 Å². The second-order valence-electron chi connectivity index (χ2n) is 4.52. The van der Waals surface area contributed by atoms with Crippen molar-refractivity contribution in [2.75, 3.05) is 0 Å². The molecule has 0 aliphatic carbocycles. The molecule has 1 atom stereocenters. The third-order valence-corrected chi connectivity index (χ3v) is 3.52. The zero-order valence-electron chi connectivity index (χ0n) is 11.1. The summed E-state index contributed by atoms with van der Waals surface area (Å²) in [6, 6.07) is 4.10. The van der Waals surface area contributed by atoms with E-state index in [1.807, 2.05) is 37.7 Å². The summed E-state index contributed by atoms with van der Waals surface area (Å²) in [6.45, 7) is 6.58. The second kappa shape index (κ2) is 5.16. The molecule has 0 aliphatic heterocycles. The van der Waals surface area contributed by atoms with Gasteiger partial charge in [-0.05, 0) is 32.9 Å². The number of nitrogens with zero attached hydrogens (tertiary/aromatic N) is 2. The lowest BCUT2D eigenvalue weighted by Gasteiger charge is -2.11. The van der Waals surface area contributed by atoms with E-state index < -0.39 is 0 Å². The fraction of sp³-hybridized carbons (Fsp3) is 0.462. The molecule has 0 radical (unpaired) electrons. The Balaban J connectivity index is 2.03. The number of hydrogen-bond acceptors (Lipinski definition) is 3. The SMILES string of the molecule is Cc1ccc(C(C)NCc2c(Cl)c(C)nn2C)o1. The molecule has 0 amide bonds. The molecule has 4 nitrogen and oxygen atoms in total. The molecule has 0 fully saturated rings. The van der Waals surface area contributed by atoms with Gasteiger partial charge in [-0.3, -0.25) is 4.68 Å². The third-order valence-electron chi connectivity index (χ3n) is 3.03. The summed E-state index contributed by atoms with van der Waals surface area (Å²) in [5.74, 6) is 1.86. The van der Waals surface area contributed by atoms with Crippen LogP contribution in [-0.4, -0.2) is 9.78 Å². The van der Waals surface area contributed by atoms with E-state index in [1.165, 1.54) is 0 Å². The van der Waals surface area contributed by atoms with Crippen molar-refractivity contribution in [3.8, 4) is 0 Å². The monoisotopic (exact) mass is 267 g/mol. The lowest BCUT2D eigenvalue weighted by atomic mass is 10.2. The fourth-order valence-corrected chi connectivity index (χ4v) is 2.14. The summed E-state index contributed by atoms with van der Waals surface area (Å²) < 4.78 is 7.39. The van der Waals surface area contributed by atoms with Crippen molar-refractivity contribution in [3.05, 3.63) is 40.1 Å². The van der Waals surface area contributed by atoms with Crippen LogP contribution in [0.15, 0.2) is 16.5 Å². The van der Waals surface area contributed by atoms with E-state index in [1.54, 1.807) is 0 Å². The van der Waals surface area contributed by atoms with Gasteiger partial charge in [0.05, 0.1) is 22.5 Å². The maximum Gasteiger partial charge on any atom is 0.120 e. The van der Waals surface area contributed by atoms with Crippen molar-refractivity contribution in [2.45, 2.75) is 33.4 Å². The first-order chi connectivity index (χ1) is 8.49. The second-order valence-corrected chi connectivity index (χ2v) is 4.90. The zero-order valence-corrected chi connectivity index (χ0v) is 11.9. The highest BCUT2D eigenvalue weighted by Gasteiger charge is 2.14. The molecule has 0 saturated heterocycles. The Morgan fingerprint density at radius 1 is 1.44 bits per heavy atom. The minimum atomic E-state index is 0.143. The van der Waals surface area contributed by atoms with Crippen LogP contribution in [0, 0.1) is 13.8 Å². The van der Waals surface area contributed by atoms with Crippen molar-refractivity contribution in [2.24, 2.45) is 7.05 Å². The highest BCUT2D eigenvalue weighted by molar-refractivity contribution is 6.31. The van der Waals surface area contributed by atoms with Crippen molar-refractivity contribution in [3.63, 3.8) is 0 Å². The average Bonchev–Trinajstić information content (AvgIpc) is 2.83. The summed E-state index contributed by atoms with van der Waals surface area (Å²) in [4.78, 5) is 0. The highest BCUT2D eigenvalue weighted by atomic mass is 35.5. The molecule has 5 heteroatoms. The van der Waals surface area contributed by atoms with Gasteiger partial charge in [0.2, 0.25) is 0 Å². The van der Waals surface area contributed by atoms with E-state index in [0.717, 1.165) is 27.9 Å². The summed E-state index contributed by atoms with van der Waals surface area (Å²) in [6.07, 6.45) is 0. The maximum absolute atomic E-state index is 6.20. The van der Waals surface area contributed by atoms with Crippen LogP contribution < -0.4 is 5.32 Å². The Morgan fingerprint density at radius 3 is 2.67 bits per heavy atom. The first-order valence-corrected chi connectivity index (χ1v) is 6.34. The molecule has 0 spiro atoms. The number of nitrogens with one attached hydrogen (secondary N) is 1. The maximum atomic E-state index is 6.20. The Labute approximate surface area is 112 Å². The first-order valence-electron chi connectivity index (χ1n) is 5.96. The molecule has 18 heavy (non-hydrogen) atoms. The molecule has 2 heterocycles. The largest absolute Gasteiger partial charge is 0.465 e. The Kier molecular flexibility index (Phi) is 3.78. The number of rotatable bonds is 4. The Hall–Kier alpha value is -1.26.